The molecule has 15 heavy (non-hydrogen) atoms. The van der Waals surface area contributed by atoms with Crippen molar-refractivity contribution in [2.24, 2.45) is 5.92 Å². The molecule has 1 rings (SSSR count). The zero-order valence-corrected chi connectivity index (χ0v) is 9.57. The van der Waals surface area contributed by atoms with Gasteiger partial charge in [0.2, 0.25) is 5.95 Å². The Labute approximate surface area is 90.4 Å². The highest BCUT2D eigenvalue weighted by molar-refractivity contribution is 5.36. The normalized spacial score (nSPS) is 12.5. The molecule has 0 aliphatic carbocycles. The predicted molar refractivity (Wildman–Crippen MR) is 59.3 cm³/mol. The van der Waals surface area contributed by atoms with E-state index in [9.17, 15) is 4.39 Å². The van der Waals surface area contributed by atoms with Crippen molar-refractivity contribution in [1.29, 1.82) is 0 Å². The number of anilines is 1. The second-order valence-corrected chi connectivity index (χ2v) is 3.75. The van der Waals surface area contributed by atoms with Crippen LogP contribution >= 0.6 is 0 Å². The summed E-state index contributed by atoms with van der Waals surface area (Å²) in [6.45, 7) is 8.12. The van der Waals surface area contributed by atoms with Gasteiger partial charge in [0.1, 0.15) is 12.1 Å². The summed E-state index contributed by atoms with van der Waals surface area (Å²) in [6.07, 6.45) is 2.38. The van der Waals surface area contributed by atoms with Crippen molar-refractivity contribution < 1.29 is 4.39 Å². The van der Waals surface area contributed by atoms with Crippen molar-refractivity contribution >= 4 is 5.82 Å². The molecule has 0 aliphatic heterocycles. The predicted octanol–water partition coefficient (Wildman–Crippen LogP) is 2.49. The van der Waals surface area contributed by atoms with Gasteiger partial charge in [0.25, 0.3) is 0 Å². The maximum Gasteiger partial charge on any atom is 0.218 e. The van der Waals surface area contributed by atoms with E-state index in [0.29, 0.717) is 11.7 Å². The third-order valence-corrected chi connectivity index (χ3v) is 2.55. The van der Waals surface area contributed by atoms with Crippen molar-refractivity contribution in [3.63, 3.8) is 0 Å². The third kappa shape index (κ3) is 3.46. The van der Waals surface area contributed by atoms with Gasteiger partial charge >= 0.3 is 0 Å². The molecule has 0 fully saturated rings. The van der Waals surface area contributed by atoms with Crippen LogP contribution in [0, 0.1) is 11.9 Å². The first-order chi connectivity index (χ1) is 7.17. The van der Waals surface area contributed by atoms with Crippen LogP contribution in [0.2, 0.25) is 0 Å². The van der Waals surface area contributed by atoms with Gasteiger partial charge in [0.15, 0.2) is 0 Å². The molecule has 0 saturated heterocycles. The molecule has 0 aromatic carbocycles. The average molecular weight is 211 g/mol. The number of halogens is 1. The lowest BCUT2D eigenvalue weighted by Gasteiger charge is -2.24. The maximum absolute atomic E-state index is 12.9. The van der Waals surface area contributed by atoms with Gasteiger partial charge in [-0.1, -0.05) is 20.3 Å². The van der Waals surface area contributed by atoms with Crippen LogP contribution in [0.1, 0.15) is 27.2 Å². The van der Waals surface area contributed by atoms with Crippen LogP contribution in [-0.4, -0.2) is 23.1 Å². The van der Waals surface area contributed by atoms with E-state index < -0.39 is 5.95 Å². The fraction of sp³-hybridized carbons (Fsp3) is 0.636. The molecule has 0 N–H and O–H groups in total. The summed E-state index contributed by atoms with van der Waals surface area (Å²) in [4.78, 5) is 9.59. The molecule has 1 aromatic heterocycles. The molecule has 0 spiro atoms. The molecule has 84 valence electrons. The minimum Gasteiger partial charge on any atom is -0.356 e. The van der Waals surface area contributed by atoms with Gasteiger partial charge in [0, 0.05) is 19.2 Å². The number of aromatic nitrogens is 2. The molecule has 0 radical (unpaired) electrons. The molecule has 0 amide bonds. The van der Waals surface area contributed by atoms with Crippen molar-refractivity contribution in [2.45, 2.75) is 27.2 Å². The second-order valence-electron chi connectivity index (χ2n) is 3.75. The topological polar surface area (TPSA) is 29.0 Å². The summed E-state index contributed by atoms with van der Waals surface area (Å²) in [5, 5.41) is 0. The van der Waals surface area contributed by atoms with Crippen LogP contribution in [0.5, 0.6) is 0 Å². The highest BCUT2D eigenvalue weighted by Crippen LogP contribution is 2.13. The number of hydrogen-bond acceptors (Lipinski definition) is 3. The van der Waals surface area contributed by atoms with Crippen molar-refractivity contribution in [3.05, 3.63) is 18.3 Å². The SMILES string of the molecule is CCC(C)CN(CC)c1cc(F)ncn1. The first-order valence-electron chi connectivity index (χ1n) is 5.39. The van der Waals surface area contributed by atoms with Gasteiger partial charge < -0.3 is 4.90 Å². The average Bonchev–Trinajstić information content (AvgIpc) is 2.25. The minimum atomic E-state index is -0.470. The summed E-state index contributed by atoms with van der Waals surface area (Å²) >= 11 is 0. The molecular formula is C11H18FN3. The van der Waals surface area contributed by atoms with Crippen LogP contribution in [0.15, 0.2) is 12.4 Å². The quantitative estimate of drug-likeness (QED) is 0.701. The summed E-state index contributed by atoms with van der Waals surface area (Å²) in [6, 6.07) is 1.38. The zero-order chi connectivity index (χ0) is 11.3. The summed E-state index contributed by atoms with van der Waals surface area (Å²) in [5.41, 5.74) is 0. The van der Waals surface area contributed by atoms with E-state index in [-0.39, 0.29) is 0 Å². The largest absolute Gasteiger partial charge is 0.356 e. The molecule has 0 aliphatic rings. The Morgan fingerprint density at radius 2 is 2.13 bits per heavy atom. The Bertz CT molecular complexity index is 304. The lowest BCUT2D eigenvalue weighted by Crippen LogP contribution is -2.29. The first kappa shape index (κ1) is 11.9. The second kappa shape index (κ2) is 5.63. The fourth-order valence-corrected chi connectivity index (χ4v) is 1.39. The molecule has 4 heteroatoms. The zero-order valence-electron chi connectivity index (χ0n) is 9.57. The smallest absolute Gasteiger partial charge is 0.218 e. The minimum absolute atomic E-state index is 0.470. The van der Waals surface area contributed by atoms with Crippen molar-refractivity contribution in [1.82, 2.24) is 9.97 Å². The Hall–Kier alpha value is -1.19. The van der Waals surface area contributed by atoms with Gasteiger partial charge in [-0.15, -0.1) is 0 Å². The molecule has 3 nitrogen and oxygen atoms in total. The standard InChI is InChI=1S/C11H18FN3/c1-4-9(3)7-15(5-2)11-6-10(12)13-8-14-11/h6,8-9H,4-5,7H2,1-3H3. The van der Waals surface area contributed by atoms with Gasteiger partial charge in [0.05, 0.1) is 0 Å². The summed E-state index contributed by atoms with van der Waals surface area (Å²) in [5.74, 6) is 0.788. The molecule has 1 atom stereocenters. The van der Waals surface area contributed by atoms with Crippen LogP contribution in [0.3, 0.4) is 0 Å². The Morgan fingerprint density at radius 1 is 1.40 bits per heavy atom. The van der Waals surface area contributed by atoms with Gasteiger partial charge in [-0.25, -0.2) is 9.97 Å². The van der Waals surface area contributed by atoms with Gasteiger partial charge in [-0.3, -0.25) is 0 Å². The lowest BCUT2D eigenvalue weighted by atomic mass is 10.1. The lowest BCUT2D eigenvalue weighted by molar-refractivity contribution is 0.539. The van der Waals surface area contributed by atoms with E-state index in [1.807, 2.05) is 6.92 Å². The number of rotatable bonds is 5. The van der Waals surface area contributed by atoms with E-state index in [4.69, 9.17) is 0 Å². The van der Waals surface area contributed by atoms with E-state index in [0.717, 1.165) is 19.5 Å². The number of hydrogen-bond donors (Lipinski definition) is 0. The number of nitrogens with zero attached hydrogens (tertiary/aromatic N) is 3. The van der Waals surface area contributed by atoms with Crippen LogP contribution in [0.25, 0.3) is 0 Å². The fourth-order valence-electron chi connectivity index (χ4n) is 1.39. The molecule has 0 saturated carbocycles. The highest BCUT2D eigenvalue weighted by Gasteiger charge is 2.10. The molecule has 1 unspecified atom stereocenters. The molecule has 1 aromatic rings. The van der Waals surface area contributed by atoms with Crippen LogP contribution in [-0.2, 0) is 0 Å². The Kier molecular flexibility index (Phi) is 4.46. The van der Waals surface area contributed by atoms with Crippen LogP contribution < -0.4 is 4.90 Å². The van der Waals surface area contributed by atoms with Crippen LogP contribution in [0.4, 0.5) is 10.2 Å². The van der Waals surface area contributed by atoms with Gasteiger partial charge in [-0.2, -0.15) is 4.39 Å². The summed E-state index contributed by atoms with van der Waals surface area (Å²) < 4.78 is 12.9. The van der Waals surface area contributed by atoms with Gasteiger partial charge in [-0.05, 0) is 12.8 Å². The van der Waals surface area contributed by atoms with E-state index in [1.54, 1.807) is 0 Å². The highest BCUT2D eigenvalue weighted by atomic mass is 19.1. The monoisotopic (exact) mass is 211 g/mol. The maximum atomic E-state index is 12.9. The third-order valence-electron chi connectivity index (χ3n) is 2.55. The van der Waals surface area contributed by atoms with E-state index in [1.165, 1.54) is 12.4 Å². The molecular weight excluding hydrogens is 193 g/mol. The Balaban J connectivity index is 2.73. The van der Waals surface area contributed by atoms with E-state index >= 15 is 0 Å². The first-order valence-corrected chi connectivity index (χ1v) is 5.39. The summed E-state index contributed by atoms with van der Waals surface area (Å²) in [7, 11) is 0. The van der Waals surface area contributed by atoms with Crippen molar-refractivity contribution in [3.8, 4) is 0 Å². The Morgan fingerprint density at radius 3 is 2.67 bits per heavy atom. The molecule has 1 heterocycles. The van der Waals surface area contributed by atoms with E-state index in [2.05, 4.69) is 28.7 Å². The molecule has 0 bridgehead atoms. The van der Waals surface area contributed by atoms with Crippen molar-refractivity contribution in [2.75, 3.05) is 18.0 Å².